The average molecular weight is 287 g/mol. The lowest BCUT2D eigenvalue weighted by molar-refractivity contribution is -0.154. The fourth-order valence-electron chi connectivity index (χ4n) is 2.68. The maximum Gasteiger partial charge on any atom is 0.332 e. The van der Waals surface area contributed by atoms with Crippen LogP contribution in [0.3, 0.4) is 0 Å². The predicted octanol–water partition coefficient (Wildman–Crippen LogP) is 2.59. The molecule has 4 nitrogen and oxygen atoms in total. The molecule has 0 spiro atoms. The van der Waals surface area contributed by atoms with Gasteiger partial charge in [-0.2, -0.15) is 0 Å². The summed E-state index contributed by atoms with van der Waals surface area (Å²) < 4.78 is 5.42. The number of benzene rings is 1. The summed E-state index contributed by atoms with van der Waals surface area (Å²) in [5.41, 5.74) is 0.401. The van der Waals surface area contributed by atoms with E-state index in [0.717, 1.165) is 5.56 Å². The lowest BCUT2D eigenvalue weighted by atomic mass is 9.86. The molecular formula is C17H21NO3. The predicted molar refractivity (Wildman–Crippen MR) is 80.3 cm³/mol. The van der Waals surface area contributed by atoms with Crippen molar-refractivity contribution in [1.29, 1.82) is 0 Å². The van der Waals surface area contributed by atoms with Gasteiger partial charge in [0.1, 0.15) is 12.1 Å². The molecule has 21 heavy (non-hydrogen) atoms. The molecule has 1 atom stereocenters. The maximum absolute atomic E-state index is 12.5. The van der Waals surface area contributed by atoms with Crippen LogP contribution < -0.4 is 5.32 Å². The molecule has 112 valence electrons. The van der Waals surface area contributed by atoms with Crippen LogP contribution in [0.5, 0.6) is 0 Å². The maximum atomic E-state index is 12.5. The minimum atomic E-state index is -0.961. The quantitative estimate of drug-likeness (QED) is 0.669. The molecule has 1 amide bonds. The molecule has 1 aliphatic rings. The third kappa shape index (κ3) is 3.51. The zero-order valence-electron chi connectivity index (χ0n) is 12.5. The van der Waals surface area contributed by atoms with Crippen molar-refractivity contribution in [2.75, 3.05) is 0 Å². The van der Waals surface area contributed by atoms with Gasteiger partial charge in [-0.15, -0.1) is 0 Å². The molecule has 1 aliphatic heterocycles. The molecule has 1 aromatic rings. The molecule has 0 aliphatic carbocycles. The number of ether oxygens (including phenoxy) is 1. The van der Waals surface area contributed by atoms with E-state index in [1.807, 2.05) is 44.2 Å². The highest BCUT2D eigenvalue weighted by molar-refractivity contribution is 6.02. The lowest BCUT2D eigenvalue weighted by Gasteiger charge is -2.28. The molecule has 1 aromatic carbocycles. The second-order valence-corrected chi connectivity index (χ2v) is 5.98. The molecule has 1 fully saturated rings. The Morgan fingerprint density at radius 1 is 1.38 bits per heavy atom. The summed E-state index contributed by atoms with van der Waals surface area (Å²) in [5, 5.41) is 2.77. The van der Waals surface area contributed by atoms with Crippen LogP contribution in [0.2, 0.25) is 0 Å². The fraction of sp³-hybridized carbons (Fsp3) is 0.412. The van der Waals surface area contributed by atoms with Gasteiger partial charge in [-0.25, -0.2) is 4.79 Å². The van der Waals surface area contributed by atoms with Gasteiger partial charge in [0.15, 0.2) is 0 Å². The van der Waals surface area contributed by atoms with Crippen molar-refractivity contribution >= 4 is 11.9 Å². The topological polar surface area (TPSA) is 55.4 Å². The van der Waals surface area contributed by atoms with Crippen LogP contribution in [-0.4, -0.2) is 17.4 Å². The highest BCUT2D eigenvalue weighted by atomic mass is 16.5. The summed E-state index contributed by atoms with van der Waals surface area (Å²) in [5.74, 6) is -0.375. The Balaban J connectivity index is 2.09. The third-order valence-electron chi connectivity index (χ3n) is 3.55. The number of hydrogen-bond donors (Lipinski definition) is 1. The van der Waals surface area contributed by atoms with Gasteiger partial charge in [-0.3, -0.25) is 4.79 Å². The van der Waals surface area contributed by atoms with Crippen molar-refractivity contribution in [1.82, 2.24) is 5.32 Å². The molecule has 0 aromatic heterocycles. The lowest BCUT2D eigenvalue weighted by Crippen LogP contribution is -2.50. The number of carbonyl (C=O) groups is 2. The van der Waals surface area contributed by atoms with E-state index >= 15 is 0 Å². The second-order valence-electron chi connectivity index (χ2n) is 5.98. The summed E-state index contributed by atoms with van der Waals surface area (Å²) in [7, 11) is 0. The first-order chi connectivity index (χ1) is 9.93. The van der Waals surface area contributed by atoms with Crippen LogP contribution in [-0.2, 0) is 20.9 Å². The minimum absolute atomic E-state index is 0.210. The summed E-state index contributed by atoms with van der Waals surface area (Å²) in [6, 6.07) is 9.49. The Hall–Kier alpha value is -2.10. The standard InChI is InChI=1S/C17H21NO3/c1-12(2)9-17(10-13(3)15(19)18-17)16(20)21-11-14-7-5-4-6-8-14/h4-8,12H,3,9-11H2,1-2H3,(H,18,19). The minimum Gasteiger partial charge on any atom is -0.459 e. The molecule has 1 saturated heterocycles. The van der Waals surface area contributed by atoms with Crippen molar-refractivity contribution in [3.63, 3.8) is 0 Å². The summed E-state index contributed by atoms with van der Waals surface area (Å²) in [4.78, 5) is 24.2. The van der Waals surface area contributed by atoms with Crippen molar-refractivity contribution in [3.8, 4) is 0 Å². The van der Waals surface area contributed by atoms with Crippen LogP contribution in [0, 0.1) is 5.92 Å². The van der Waals surface area contributed by atoms with Crippen LogP contribution in [0.4, 0.5) is 0 Å². The van der Waals surface area contributed by atoms with E-state index in [-0.39, 0.29) is 24.4 Å². The second kappa shape index (κ2) is 6.12. The van der Waals surface area contributed by atoms with Crippen LogP contribution in [0.1, 0.15) is 32.3 Å². The molecule has 0 saturated carbocycles. The Bertz CT molecular complexity index is 532. The van der Waals surface area contributed by atoms with E-state index in [1.54, 1.807) is 0 Å². The summed E-state index contributed by atoms with van der Waals surface area (Å²) >= 11 is 0. The van der Waals surface area contributed by atoms with E-state index in [1.165, 1.54) is 0 Å². The first-order valence-corrected chi connectivity index (χ1v) is 7.14. The zero-order valence-corrected chi connectivity index (χ0v) is 12.5. The molecule has 1 unspecified atom stereocenters. The number of amides is 1. The van der Waals surface area contributed by atoms with Crippen LogP contribution in [0.15, 0.2) is 42.5 Å². The Morgan fingerprint density at radius 3 is 2.57 bits per heavy atom. The number of carbonyl (C=O) groups excluding carboxylic acids is 2. The Morgan fingerprint density at radius 2 is 2.05 bits per heavy atom. The molecule has 0 bridgehead atoms. The highest BCUT2D eigenvalue weighted by Crippen LogP contribution is 2.31. The average Bonchev–Trinajstić information content (AvgIpc) is 2.72. The number of esters is 1. The Labute approximate surface area is 125 Å². The largest absolute Gasteiger partial charge is 0.459 e. The van der Waals surface area contributed by atoms with Crippen molar-refractivity contribution in [3.05, 3.63) is 48.0 Å². The summed E-state index contributed by atoms with van der Waals surface area (Å²) in [6.45, 7) is 7.96. The monoisotopic (exact) mass is 287 g/mol. The molecule has 1 N–H and O–H groups in total. The van der Waals surface area contributed by atoms with Gasteiger partial charge in [0, 0.05) is 12.0 Å². The van der Waals surface area contributed by atoms with Crippen LogP contribution >= 0.6 is 0 Å². The number of hydrogen-bond acceptors (Lipinski definition) is 3. The molecule has 2 rings (SSSR count). The van der Waals surface area contributed by atoms with Crippen LogP contribution in [0.25, 0.3) is 0 Å². The molecule has 0 radical (unpaired) electrons. The highest BCUT2D eigenvalue weighted by Gasteiger charge is 2.47. The van der Waals surface area contributed by atoms with E-state index in [4.69, 9.17) is 4.74 Å². The van der Waals surface area contributed by atoms with Gasteiger partial charge in [0.2, 0.25) is 5.91 Å². The van der Waals surface area contributed by atoms with Crippen molar-refractivity contribution in [2.24, 2.45) is 5.92 Å². The summed E-state index contributed by atoms with van der Waals surface area (Å²) in [6.07, 6.45) is 0.864. The smallest absolute Gasteiger partial charge is 0.332 e. The first-order valence-electron chi connectivity index (χ1n) is 7.14. The van der Waals surface area contributed by atoms with Gasteiger partial charge < -0.3 is 10.1 Å². The van der Waals surface area contributed by atoms with Gasteiger partial charge >= 0.3 is 5.97 Å². The molecule has 1 heterocycles. The van der Waals surface area contributed by atoms with Gasteiger partial charge in [0.25, 0.3) is 0 Å². The van der Waals surface area contributed by atoms with E-state index in [2.05, 4.69) is 11.9 Å². The van der Waals surface area contributed by atoms with Gasteiger partial charge in [-0.1, -0.05) is 50.8 Å². The Kier molecular flexibility index (Phi) is 4.46. The fourth-order valence-corrected chi connectivity index (χ4v) is 2.68. The normalized spacial score (nSPS) is 21.5. The van der Waals surface area contributed by atoms with Crippen molar-refractivity contribution in [2.45, 2.75) is 38.8 Å². The van der Waals surface area contributed by atoms with Gasteiger partial charge in [-0.05, 0) is 17.9 Å². The van der Waals surface area contributed by atoms with E-state index < -0.39 is 5.54 Å². The van der Waals surface area contributed by atoms with Crippen molar-refractivity contribution < 1.29 is 14.3 Å². The van der Waals surface area contributed by atoms with E-state index in [0.29, 0.717) is 18.4 Å². The SMILES string of the molecule is C=C1CC(CC(C)C)(C(=O)OCc2ccccc2)NC1=O. The number of nitrogens with one attached hydrogen (secondary N) is 1. The molecular weight excluding hydrogens is 266 g/mol. The molecule has 4 heteroatoms. The van der Waals surface area contributed by atoms with E-state index in [9.17, 15) is 9.59 Å². The zero-order chi connectivity index (χ0) is 15.5. The third-order valence-corrected chi connectivity index (χ3v) is 3.55. The number of rotatable bonds is 5. The van der Waals surface area contributed by atoms with Gasteiger partial charge in [0.05, 0.1) is 0 Å². The first kappa shape index (κ1) is 15.3.